The van der Waals surface area contributed by atoms with Gasteiger partial charge in [0.2, 0.25) is 5.91 Å². The van der Waals surface area contributed by atoms with Crippen molar-refractivity contribution in [2.45, 2.75) is 32.6 Å². The Morgan fingerprint density at radius 3 is 2.81 bits per heavy atom. The van der Waals surface area contributed by atoms with Crippen LogP contribution in [0.15, 0.2) is 41.1 Å². The number of hydrogen-bond acceptors (Lipinski definition) is 4. The molecule has 0 bridgehead atoms. The molecule has 142 valence electrons. The Morgan fingerprint density at radius 1 is 1.22 bits per heavy atom. The van der Waals surface area contributed by atoms with Gasteiger partial charge in [-0.2, -0.15) is 0 Å². The molecule has 1 spiro atoms. The summed E-state index contributed by atoms with van der Waals surface area (Å²) in [5.41, 5.74) is 1.47. The van der Waals surface area contributed by atoms with Gasteiger partial charge in [-0.3, -0.25) is 9.59 Å². The average Bonchev–Trinajstić information content (AvgIpc) is 3.34. The maximum atomic E-state index is 13.1. The van der Waals surface area contributed by atoms with Crippen LogP contribution in [0.3, 0.4) is 0 Å². The van der Waals surface area contributed by atoms with Crippen molar-refractivity contribution in [3.8, 4) is 11.3 Å². The fraction of sp³-hybridized carbons (Fsp3) is 0.476. The molecule has 1 aromatic carbocycles. The third-order valence-corrected chi connectivity index (χ3v) is 5.81. The van der Waals surface area contributed by atoms with Gasteiger partial charge in [-0.15, -0.1) is 0 Å². The van der Waals surface area contributed by atoms with Crippen LogP contribution in [0.5, 0.6) is 0 Å². The van der Waals surface area contributed by atoms with Crippen LogP contribution >= 0.6 is 0 Å². The molecule has 0 N–H and O–H groups in total. The van der Waals surface area contributed by atoms with Crippen molar-refractivity contribution in [1.29, 1.82) is 0 Å². The van der Waals surface area contributed by atoms with Crippen molar-refractivity contribution >= 4 is 11.8 Å². The zero-order valence-electron chi connectivity index (χ0n) is 15.7. The van der Waals surface area contributed by atoms with E-state index in [1.165, 1.54) is 6.26 Å². The van der Waals surface area contributed by atoms with Gasteiger partial charge in [0.1, 0.15) is 17.5 Å². The summed E-state index contributed by atoms with van der Waals surface area (Å²) in [6.07, 6.45) is 5.00. The lowest BCUT2D eigenvalue weighted by atomic mass is 9.78. The summed E-state index contributed by atoms with van der Waals surface area (Å²) in [5.74, 6) is 0.117. The molecule has 0 aliphatic carbocycles. The predicted molar refractivity (Wildman–Crippen MR) is 101 cm³/mol. The molecule has 2 aliphatic rings. The summed E-state index contributed by atoms with van der Waals surface area (Å²) in [4.78, 5) is 30.0. The highest BCUT2D eigenvalue weighted by Gasteiger charge is 2.49. The number of aromatic nitrogens is 1. The maximum absolute atomic E-state index is 13.1. The summed E-state index contributed by atoms with van der Waals surface area (Å²) < 4.78 is 5.12. The summed E-state index contributed by atoms with van der Waals surface area (Å²) in [7, 11) is 0. The van der Waals surface area contributed by atoms with Crippen LogP contribution in [0.2, 0.25) is 0 Å². The molecule has 2 aliphatic heterocycles. The average molecular weight is 367 g/mol. The van der Waals surface area contributed by atoms with E-state index in [-0.39, 0.29) is 11.8 Å². The van der Waals surface area contributed by atoms with Gasteiger partial charge in [0.05, 0.1) is 5.41 Å². The largest absolute Gasteiger partial charge is 0.363 e. The van der Waals surface area contributed by atoms with Crippen LogP contribution in [0.25, 0.3) is 11.3 Å². The second-order valence-corrected chi connectivity index (χ2v) is 7.60. The smallest absolute Gasteiger partial charge is 0.259 e. The molecule has 2 fully saturated rings. The second-order valence-electron chi connectivity index (χ2n) is 7.60. The van der Waals surface area contributed by atoms with Gasteiger partial charge in [0.15, 0.2) is 0 Å². The Bertz CT molecular complexity index is 830. The first-order valence-corrected chi connectivity index (χ1v) is 9.73. The Labute approximate surface area is 159 Å². The quantitative estimate of drug-likeness (QED) is 0.832. The van der Waals surface area contributed by atoms with Crippen LogP contribution in [-0.2, 0) is 4.79 Å². The van der Waals surface area contributed by atoms with Crippen LogP contribution < -0.4 is 0 Å². The van der Waals surface area contributed by atoms with Gasteiger partial charge in [-0.05, 0) is 25.7 Å². The third-order valence-electron chi connectivity index (χ3n) is 5.81. The molecule has 1 aromatic heterocycles. The van der Waals surface area contributed by atoms with E-state index in [0.29, 0.717) is 24.3 Å². The minimum atomic E-state index is -0.410. The maximum Gasteiger partial charge on any atom is 0.259 e. The molecular formula is C21H25N3O3. The van der Waals surface area contributed by atoms with Crippen molar-refractivity contribution in [3.05, 3.63) is 42.2 Å². The van der Waals surface area contributed by atoms with E-state index < -0.39 is 5.41 Å². The monoisotopic (exact) mass is 367 g/mol. The molecule has 2 aromatic rings. The number of benzene rings is 1. The first-order chi connectivity index (χ1) is 13.1. The summed E-state index contributed by atoms with van der Waals surface area (Å²) in [6.45, 7) is 4.83. The molecule has 6 heteroatoms. The third kappa shape index (κ3) is 3.13. The number of nitrogens with zero attached hydrogens (tertiary/aromatic N) is 3. The van der Waals surface area contributed by atoms with Gasteiger partial charge in [0, 0.05) is 31.7 Å². The highest BCUT2D eigenvalue weighted by atomic mass is 16.5. The first kappa shape index (κ1) is 17.8. The Hall–Kier alpha value is -2.63. The minimum Gasteiger partial charge on any atom is -0.363 e. The van der Waals surface area contributed by atoms with Gasteiger partial charge < -0.3 is 14.3 Å². The number of hydrogen-bond donors (Lipinski definition) is 0. The lowest BCUT2D eigenvalue weighted by Crippen LogP contribution is -2.50. The summed E-state index contributed by atoms with van der Waals surface area (Å²) in [5, 5.41) is 4.04. The van der Waals surface area contributed by atoms with Crippen molar-refractivity contribution in [3.63, 3.8) is 0 Å². The molecule has 0 saturated carbocycles. The molecular weight excluding hydrogens is 342 g/mol. The van der Waals surface area contributed by atoms with Crippen molar-refractivity contribution in [1.82, 2.24) is 15.0 Å². The highest BCUT2D eigenvalue weighted by Crippen LogP contribution is 2.41. The van der Waals surface area contributed by atoms with Gasteiger partial charge in [-0.1, -0.05) is 42.4 Å². The molecule has 3 heterocycles. The topological polar surface area (TPSA) is 66.7 Å². The Balaban J connectivity index is 1.54. The molecule has 6 nitrogen and oxygen atoms in total. The predicted octanol–water partition coefficient (Wildman–Crippen LogP) is 3.21. The fourth-order valence-electron chi connectivity index (χ4n) is 4.42. The number of carbonyl (C=O) groups excluding carboxylic acids is 2. The van der Waals surface area contributed by atoms with Crippen LogP contribution in [-0.4, -0.2) is 52.9 Å². The highest BCUT2D eigenvalue weighted by molar-refractivity contribution is 6.00. The standard InChI is InChI=1S/C21H25N3O3/c1-2-11-23-12-6-9-21(20(23)26)10-13-24(15-21)19(25)17-14-27-22-18(17)16-7-4-3-5-8-16/h3-5,7-8,14H,2,6,9-13,15H2,1H3/t21-/m1/s1. The normalized spacial score (nSPS) is 22.6. The number of likely N-dealkylation sites (tertiary alicyclic amines) is 2. The molecule has 27 heavy (non-hydrogen) atoms. The molecule has 0 unspecified atom stereocenters. The zero-order valence-corrected chi connectivity index (χ0v) is 15.7. The van der Waals surface area contributed by atoms with Crippen molar-refractivity contribution in [2.75, 3.05) is 26.2 Å². The molecule has 2 amide bonds. The van der Waals surface area contributed by atoms with E-state index in [4.69, 9.17) is 4.52 Å². The first-order valence-electron chi connectivity index (χ1n) is 9.73. The SMILES string of the molecule is CCCN1CCC[C@]2(CCN(C(=O)c3conc3-c3ccccc3)C2)C1=O. The molecule has 0 radical (unpaired) electrons. The van der Waals surface area contributed by atoms with Crippen molar-refractivity contribution < 1.29 is 14.1 Å². The summed E-state index contributed by atoms with van der Waals surface area (Å²) >= 11 is 0. The lowest BCUT2D eigenvalue weighted by Gasteiger charge is -2.39. The van der Waals surface area contributed by atoms with Gasteiger partial charge >= 0.3 is 0 Å². The number of carbonyl (C=O) groups is 2. The molecule has 1 atom stereocenters. The Kier molecular flexibility index (Phi) is 4.72. The van der Waals surface area contributed by atoms with E-state index in [0.717, 1.165) is 44.3 Å². The van der Waals surface area contributed by atoms with E-state index in [1.807, 2.05) is 35.2 Å². The lowest BCUT2D eigenvalue weighted by molar-refractivity contribution is -0.145. The zero-order chi connectivity index (χ0) is 18.9. The van der Waals surface area contributed by atoms with E-state index in [9.17, 15) is 9.59 Å². The fourth-order valence-corrected chi connectivity index (χ4v) is 4.42. The van der Waals surface area contributed by atoms with E-state index in [2.05, 4.69) is 12.1 Å². The minimum absolute atomic E-state index is 0.104. The van der Waals surface area contributed by atoms with E-state index >= 15 is 0 Å². The molecule has 2 saturated heterocycles. The van der Waals surface area contributed by atoms with E-state index in [1.54, 1.807) is 4.90 Å². The second kappa shape index (κ2) is 7.18. The number of amides is 2. The summed E-state index contributed by atoms with van der Waals surface area (Å²) in [6, 6.07) is 9.56. The van der Waals surface area contributed by atoms with Crippen LogP contribution in [0, 0.1) is 5.41 Å². The Morgan fingerprint density at radius 2 is 2.04 bits per heavy atom. The molecule has 4 rings (SSSR count). The number of rotatable bonds is 4. The van der Waals surface area contributed by atoms with Gasteiger partial charge in [0.25, 0.3) is 5.91 Å². The van der Waals surface area contributed by atoms with Crippen LogP contribution in [0.1, 0.15) is 43.0 Å². The number of piperidine rings is 1. The van der Waals surface area contributed by atoms with Crippen LogP contribution in [0.4, 0.5) is 0 Å². The van der Waals surface area contributed by atoms with Gasteiger partial charge in [-0.25, -0.2) is 0 Å². The van der Waals surface area contributed by atoms with Crippen molar-refractivity contribution in [2.24, 2.45) is 5.41 Å².